The molecule has 2 heterocycles. The molecule has 1 amide bonds. The van der Waals surface area contributed by atoms with E-state index in [0.717, 1.165) is 35.3 Å². The predicted octanol–water partition coefficient (Wildman–Crippen LogP) is 2.98. The van der Waals surface area contributed by atoms with Crippen LogP contribution in [-0.4, -0.2) is 55.7 Å². The molecular weight excluding hydrogens is 354 g/mol. The summed E-state index contributed by atoms with van der Waals surface area (Å²) in [6, 6.07) is 17.9. The number of hydrogen-bond donors (Lipinski definition) is 2. The molecule has 1 atom stereocenters. The molecule has 0 saturated carbocycles. The van der Waals surface area contributed by atoms with Gasteiger partial charge in [0.15, 0.2) is 0 Å². The number of nitrogens with zero attached hydrogens (tertiary/aromatic N) is 1. The lowest BCUT2D eigenvalue weighted by Crippen LogP contribution is -2.43. The van der Waals surface area contributed by atoms with Crippen LogP contribution in [0.15, 0.2) is 54.6 Å². The molecular formula is C22H25N3O3. The van der Waals surface area contributed by atoms with Crippen molar-refractivity contribution in [3.8, 4) is 5.75 Å². The van der Waals surface area contributed by atoms with Crippen LogP contribution in [0.3, 0.4) is 0 Å². The Hall–Kier alpha value is -2.83. The minimum Gasteiger partial charge on any atom is -0.497 e. The van der Waals surface area contributed by atoms with Gasteiger partial charge in [-0.05, 0) is 29.8 Å². The monoisotopic (exact) mass is 379 g/mol. The summed E-state index contributed by atoms with van der Waals surface area (Å²) in [5.41, 5.74) is 2.70. The number of ether oxygens (including phenoxy) is 2. The molecule has 0 bridgehead atoms. The van der Waals surface area contributed by atoms with Gasteiger partial charge in [-0.2, -0.15) is 0 Å². The maximum absolute atomic E-state index is 12.7. The van der Waals surface area contributed by atoms with Gasteiger partial charge < -0.3 is 19.8 Å². The Morgan fingerprint density at radius 1 is 1.18 bits per heavy atom. The van der Waals surface area contributed by atoms with Crippen molar-refractivity contribution >= 4 is 16.8 Å². The van der Waals surface area contributed by atoms with E-state index in [-0.39, 0.29) is 11.9 Å². The average Bonchev–Trinajstić information content (AvgIpc) is 3.19. The number of nitrogens with one attached hydrogen (secondary N) is 2. The normalized spacial score (nSPS) is 16.0. The van der Waals surface area contributed by atoms with Gasteiger partial charge in [0.25, 0.3) is 5.91 Å². The molecule has 1 aliphatic heterocycles. The third-order valence-electron chi connectivity index (χ3n) is 5.22. The molecule has 2 aromatic carbocycles. The minimum absolute atomic E-state index is 0.0862. The Bertz CT molecular complexity index is 897. The lowest BCUT2D eigenvalue weighted by atomic mass is 10.0. The van der Waals surface area contributed by atoms with Crippen LogP contribution in [0.1, 0.15) is 22.1 Å². The number of H-pyrrole nitrogens is 1. The fourth-order valence-corrected chi connectivity index (χ4v) is 3.65. The minimum atomic E-state index is -0.0945. The number of methoxy groups -OCH3 is 1. The summed E-state index contributed by atoms with van der Waals surface area (Å²) in [6.07, 6.45) is 0. The second-order valence-electron chi connectivity index (χ2n) is 6.92. The van der Waals surface area contributed by atoms with E-state index < -0.39 is 0 Å². The molecule has 0 unspecified atom stereocenters. The highest BCUT2D eigenvalue weighted by Gasteiger charge is 2.23. The van der Waals surface area contributed by atoms with Gasteiger partial charge in [-0.1, -0.05) is 30.3 Å². The van der Waals surface area contributed by atoms with Gasteiger partial charge in [-0.15, -0.1) is 0 Å². The molecule has 6 nitrogen and oxygen atoms in total. The number of fused-ring (bicyclic) bond motifs is 1. The topological polar surface area (TPSA) is 66.6 Å². The zero-order chi connectivity index (χ0) is 19.3. The van der Waals surface area contributed by atoms with Crippen LogP contribution in [0.25, 0.3) is 10.9 Å². The Kier molecular flexibility index (Phi) is 5.60. The molecule has 3 aromatic rings. The molecule has 1 aromatic heterocycles. The molecule has 146 valence electrons. The molecule has 1 aliphatic rings. The van der Waals surface area contributed by atoms with Crippen molar-refractivity contribution in [2.24, 2.45) is 0 Å². The molecule has 1 fully saturated rings. The largest absolute Gasteiger partial charge is 0.497 e. The van der Waals surface area contributed by atoms with Gasteiger partial charge in [-0.25, -0.2) is 0 Å². The molecule has 28 heavy (non-hydrogen) atoms. The number of aromatic nitrogens is 1. The molecule has 1 saturated heterocycles. The van der Waals surface area contributed by atoms with Crippen LogP contribution >= 0.6 is 0 Å². The lowest BCUT2D eigenvalue weighted by molar-refractivity contribution is 0.0162. The van der Waals surface area contributed by atoms with Gasteiger partial charge in [0.1, 0.15) is 11.4 Å². The van der Waals surface area contributed by atoms with E-state index in [9.17, 15) is 4.79 Å². The lowest BCUT2D eigenvalue weighted by Gasteiger charge is -2.35. The zero-order valence-corrected chi connectivity index (χ0v) is 16.0. The highest BCUT2D eigenvalue weighted by Crippen LogP contribution is 2.24. The fourth-order valence-electron chi connectivity index (χ4n) is 3.65. The molecule has 0 spiro atoms. The first kappa shape index (κ1) is 18.5. The number of para-hydroxylation sites is 1. The van der Waals surface area contributed by atoms with Crippen molar-refractivity contribution < 1.29 is 14.3 Å². The van der Waals surface area contributed by atoms with Crippen molar-refractivity contribution in [3.05, 3.63) is 65.9 Å². The van der Waals surface area contributed by atoms with E-state index in [4.69, 9.17) is 9.47 Å². The summed E-state index contributed by atoms with van der Waals surface area (Å²) in [5, 5.41) is 4.14. The van der Waals surface area contributed by atoms with E-state index in [1.807, 2.05) is 42.5 Å². The maximum atomic E-state index is 12.7. The number of rotatable bonds is 6. The summed E-state index contributed by atoms with van der Waals surface area (Å²) in [7, 11) is 1.66. The molecule has 4 rings (SSSR count). The van der Waals surface area contributed by atoms with Gasteiger partial charge in [0.05, 0.1) is 26.4 Å². The summed E-state index contributed by atoms with van der Waals surface area (Å²) in [4.78, 5) is 18.3. The Labute approximate surface area is 164 Å². The number of amides is 1. The number of aromatic amines is 1. The van der Waals surface area contributed by atoms with Crippen molar-refractivity contribution in [1.29, 1.82) is 0 Å². The SMILES string of the molecule is COc1ccc([C@@H](CNC(=O)c2cc3ccccc3[nH]2)N2CCOCC2)cc1. The summed E-state index contributed by atoms with van der Waals surface area (Å²) in [5.74, 6) is 0.731. The molecule has 2 N–H and O–H groups in total. The van der Waals surface area contributed by atoms with Gasteiger partial charge in [-0.3, -0.25) is 9.69 Å². The smallest absolute Gasteiger partial charge is 0.267 e. The number of carbonyl (C=O) groups is 1. The average molecular weight is 379 g/mol. The zero-order valence-electron chi connectivity index (χ0n) is 16.0. The van der Waals surface area contributed by atoms with Gasteiger partial charge in [0.2, 0.25) is 0 Å². The van der Waals surface area contributed by atoms with Crippen LogP contribution in [0.2, 0.25) is 0 Å². The van der Waals surface area contributed by atoms with Crippen molar-refractivity contribution in [2.75, 3.05) is 40.0 Å². The first-order valence-electron chi connectivity index (χ1n) is 9.56. The first-order chi connectivity index (χ1) is 13.7. The summed E-state index contributed by atoms with van der Waals surface area (Å²) >= 11 is 0. The van der Waals surface area contributed by atoms with E-state index >= 15 is 0 Å². The second kappa shape index (κ2) is 8.46. The quantitative estimate of drug-likeness (QED) is 0.691. The van der Waals surface area contributed by atoms with Crippen molar-refractivity contribution in [3.63, 3.8) is 0 Å². The Morgan fingerprint density at radius 3 is 2.64 bits per heavy atom. The second-order valence-corrected chi connectivity index (χ2v) is 6.92. The van der Waals surface area contributed by atoms with Crippen LogP contribution in [0, 0.1) is 0 Å². The van der Waals surface area contributed by atoms with Crippen LogP contribution < -0.4 is 10.1 Å². The van der Waals surface area contributed by atoms with E-state index in [2.05, 4.69) is 27.3 Å². The third kappa shape index (κ3) is 4.03. The maximum Gasteiger partial charge on any atom is 0.267 e. The van der Waals surface area contributed by atoms with E-state index in [1.54, 1.807) is 7.11 Å². The highest BCUT2D eigenvalue weighted by molar-refractivity contribution is 5.97. The predicted molar refractivity (Wildman–Crippen MR) is 109 cm³/mol. The Balaban J connectivity index is 1.50. The number of hydrogen-bond acceptors (Lipinski definition) is 4. The van der Waals surface area contributed by atoms with Gasteiger partial charge in [0, 0.05) is 30.5 Å². The molecule has 6 heteroatoms. The molecule has 0 radical (unpaired) electrons. The van der Waals surface area contributed by atoms with E-state index in [1.165, 1.54) is 0 Å². The molecule has 0 aliphatic carbocycles. The summed E-state index contributed by atoms with van der Waals surface area (Å²) in [6.45, 7) is 3.64. The number of benzene rings is 2. The van der Waals surface area contributed by atoms with Crippen molar-refractivity contribution in [2.45, 2.75) is 6.04 Å². The fraction of sp³-hybridized carbons (Fsp3) is 0.318. The third-order valence-corrected chi connectivity index (χ3v) is 5.22. The standard InChI is InChI=1S/C22H25N3O3/c1-27-18-8-6-16(7-9-18)21(25-10-12-28-13-11-25)15-23-22(26)20-14-17-4-2-3-5-19(17)24-20/h2-9,14,21,24H,10-13,15H2,1H3,(H,23,26)/t21-/m1/s1. The van der Waals surface area contributed by atoms with Gasteiger partial charge >= 0.3 is 0 Å². The van der Waals surface area contributed by atoms with Crippen LogP contribution in [0.4, 0.5) is 0 Å². The highest BCUT2D eigenvalue weighted by atomic mass is 16.5. The number of carbonyl (C=O) groups excluding carboxylic acids is 1. The van der Waals surface area contributed by atoms with E-state index in [0.29, 0.717) is 25.5 Å². The van der Waals surface area contributed by atoms with Crippen LogP contribution in [0.5, 0.6) is 5.75 Å². The first-order valence-corrected chi connectivity index (χ1v) is 9.56. The van der Waals surface area contributed by atoms with Crippen LogP contribution in [-0.2, 0) is 4.74 Å². The Morgan fingerprint density at radius 2 is 1.93 bits per heavy atom. The number of morpholine rings is 1. The summed E-state index contributed by atoms with van der Waals surface area (Å²) < 4.78 is 10.8. The van der Waals surface area contributed by atoms with Crippen molar-refractivity contribution in [1.82, 2.24) is 15.2 Å².